The largest absolute Gasteiger partial charge is 0.481 e. The molecule has 1 aliphatic rings. The summed E-state index contributed by atoms with van der Waals surface area (Å²) in [5.41, 5.74) is 1.19. The lowest BCUT2D eigenvalue weighted by atomic mass is 10.1. The van der Waals surface area contributed by atoms with Crippen LogP contribution in [0.1, 0.15) is 24.3 Å². The van der Waals surface area contributed by atoms with Gasteiger partial charge in [-0.3, -0.25) is 9.59 Å². The third kappa shape index (κ3) is 3.06. The van der Waals surface area contributed by atoms with Crippen molar-refractivity contribution >= 4 is 11.9 Å². The molecule has 2 atom stereocenters. The van der Waals surface area contributed by atoms with Crippen LogP contribution in [0.3, 0.4) is 0 Å². The maximum absolute atomic E-state index is 11.7. The van der Waals surface area contributed by atoms with Crippen molar-refractivity contribution in [1.29, 1.82) is 0 Å². The Morgan fingerprint density at radius 2 is 2.00 bits per heavy atom. The van der Waals surface area contributed by atoms with Gasteiger partial charge >= 0.3 is 5.97 Å². The van der Waals surface area contributed by atoms with E-state index in [-0.39, 0.29) is 24.8 Å². The Morgan fingerprint density at radius 1 is 1.29 bits per heavy atom. The molecule has 1 aliphatic carbocycles. The van der Waals surface area contributed by atoms with E-state index in [1.165, 1.54) is 5.56 Å². The van der Waals surface area contributed by atoms with Crippen molar-refractivity contribution in [1.82, 2.24) is 5.32 Å². The molecule has 17 heavy (non-hydrogen) atoms. The Labute approximate surface area is 99.6 Å². The maximum atomic E-state index is 11.7. The molecule has 2 unspecified atom stereocenters. The van der Waals surface area contributed by atoms with E-state index < -0.39 is 5.97 Å². The van der Waals surface area contributed by atoms with Crippen LogP contribution in [0, 0.1) is 5.92 Å². The van der Waals surface area contributed by atoms with Crippen LogP contribution in [-0.4, -0.2) is 23.5 Å². The number of benzene rings is 1. The van der Waals surface area contributed by atoms with E-state index in [0.29, 0.717) is 5.92 Å². The predicted molar refractivity (Wildman–Crippen MR) is 62.6 cm³/mol. The molecule has 2 N–H and O–H groups in total. The molecule has 0 aromatic heterocycles. The first-order valence-corrected chi connectivity index (χ1v) is 5.73. The predicted octanol–water partition coefficient (Wildman–Crippen LogP) is 1.38. The molecule has 0 heterocycles. The third-order valence-corrected chi connectivity index (χ3v) is 2.99. The van der Waals surface area contributed by atoms with Gasteiger partial charge in [0.2, 0.25) is 5.91 Å². The second-order valence-corrected chi connectivity index (χ2v) is 4.29. The van der Waals surface area contributed by atoms with Crippen LogP contribution < -0.4 is 5.32 Å². The number of aliphatic carboxylic acids is 1. The summed E-state index contributed by atoms with van der Waals surface area (Å²) in [5.74, 6) is -0.590. The van der Waals surface area contributed by atoms with Crippen molar-refractivity contribution < 1.29 is 14.7 Å². The highest BCUT2D eigenvalue weighted by Crippen LogP contribution is 2.47. The quantitative estimate of drug-likeness (QED) is 0.807. The number of nitrogens with one attached hydrogen (secondary N) is 1. The Kier molecular flexibility index (Phi) is 3.42. The van der Waals surface area contributed by atoms with Crippen LogP contribution >= 0.6 is 0 Å². The standard InChI is InChI=1S/C13H15NO3/c15-12(16)6-7-14-13(17)11-8-10(11)9-4-2-1-3-5-9/h1-5,10-11H,6-8H2,(H,14,17)(H,15,16). The topological polar surface area (TPSA) is 66.4 Å². The average Bonchev–Trinajstić information content (AvgIpc) is 3.09. The molecule has 1 aromatic rings. The fraction of sp³-hybridized carbons (Fsp3) is 0.385. The summed E-state index contributed by atoms with van der Waals surface area (Å²) < 4.78 is 0. The van der Waals surface area contributed by atoms with E-state index in [2.05, 4.69) is 5.32 Å². The van der Waals surface area contributed by atoms with Gasteiger partial charge in [-0.2, -0.15) is 0 Å². The summed E-state index contributed by atoms with van der Waals surface area (Å²) in [6, 6.07) is 9.93. The van der Waals surface area contributed by atoms with E-state index in [0.717, 1.165) is 6.42 Å². The summed E-state index contributed by atoms with van der Waals surface area (Å²) in [4.78, 5) is 22.0. The van der Waals surface area contributed by atoms with E-state index in [1.807, 2.05) is 30.3 Å². The summed E-state index contributed by atoms with van der Waals surface area (Å²) in [6.45, 7) is 0.214. The third-order valence-electron chi connectivity index (χ3n) is 2.99. The van der Waals surface area contributed by atoms with Gasteiger partial charge in [0.15, 0.2) is 0 Å². The van der Waals surface area contributed by atoms with Crippen LogP contribution in [0.2, 0.25) is 0 Å². The van der Waals surface area contributed by atoms with Crippen LogP contribution in [0.4, 0.5) is 0 Å². The molecule has 2 rings (SSSR count). The molecule has 1 aromatic carbocycles. The smallest absolute Gasteiger partial charge is 0.305 e. The zero-order valence-electron chi connectivity index (χ0n) is 9.43. The van der Waals surface area contributed by atoms with Crippen molar-refractivity contribution in [2.45, 2.75) is 18.8 Å². The molecule has 1 fully saturated rings. The number of carboxylic acids is 1. The SMILES string of the molecule is O=C(O)CCNC(=O)C1CC1c1ccccc1. The van der Waals surface area contributed by atoms with E-state index in [4.69, 9.17) is 5.11 Å². The zero-order chi connectivity index (χ0) is 12.3. The van der Waals surface area contributed by atoms with Crippen LogP contribution in [-0.2, 0) is 9.59 Å². The van der Waals surface area contributed by atoms with Gasteiger partial charge in [0.1, 0.15) is 0 Å². The van der Waals surface area contributed by atoms with Crippen LogP contribution in [0.25, 0.3) is 0 Å². The average molecular weight is 233 g/mol. The van der Waals surface area contributed by atoms with Crippen molar-refractivity contribution in [2.24, 2.45) is 5.92 Å². The molecular weight excluding hydrogens is 218 g/mol. The fourth-order valence-electron chi connectivity index (χ4n) is 1.98. The van der Waals surface area contributed by atoms with Gasteiger partial charge in [0, 0.05) is 12.5 Å². The monoisotopic (exact) mass is 233 g/mol. The molecule has 0 radical (unpaired) electrons. The zero-order valence-corrected chi connectivity index (χ0v) is 9.43. The van der Waals surface area contributed by atoms with Gasteiger partial charge in [0.05, 0.1) is 6.42 Å². The number of carbonyl (C=O) groups is 2. The Balaban J connectivity index is 1.79. The molecular formula is C13H15NO3. The van der Waals surface area contributed by atoms with Gasteiger partial charge in [0.25, 0.3) is 0 Å². The minimum atomic E-state index is -0.888. The van der Waals surface area contributed by atoms with Crippen molar-refractivity contribution in [3.05, 3.63) is 35.9 Å². The number of carboxylic acid groups (broad SMARTS) is 1. The lowest BCUT2D eigenvalue weighted by molar-refractivity contribution is -0.136. The number of hydrogen-bond donors (Lipinski definition) is 2. The summed E-state index contributed by atoms with van der Waals surface area (Å²) in [7, 11) is 0. The van der Waals surface area contributed by atoms with Crippen LogP contribution in [0.15, 0.2) is 30.3 Å². The maximum Gasteiger partial charge on any atom is 0.305 e. The summed E-state index contributed by atoms with van der Waals surface area (Å²) in [5, 5.41) is 11.1. The highest BCUT2D eigenvalue weighted by Gasteiger charge is 2.43. The molecule has 0 spiro atoms. The lowest BCUT2D eigenvalue weighted by Gasteiger charge is -2.03. The van der Waals surface area contributed by atoms with Crippen molar-refractivity contribution in [2.75, 3.05) is 6.54 Å². The van der Waals surface area contributed by atoms with Gasteiger partial charge < -0.3 is 10.4 Å². The molecule has 4 nitrogen and oxygen atoms in total. The molecule has 4 heteroatoms. The van der Waals surface area contributed by atoms with Gasteiger partial charge in [-0.25, -0.2) is 0 Å². The fourth-order valence-corrected chi connectivity index (χ4v) is 1.98. The Hall–Kier alpha value is -1.84. The molecule has 1 amide bonds. The minimum absolute atomic E-state index is 0.0194. The van der Waals surface area contributed by atoms with E-state index in [1.54, 1.807) is 0 Å². The molecule has 1 saturated carbocycles. The second-order valence-electron chi connectivity index (χ2n) is 4.29. The number of rotatable bonds is 5. The lowest BCUT2D eigenvalue weighted by Crippen LogP contribution is -2.27. The van der Waals surface area contributed by atoms with Gasteiger partial charge in [-0.1, -0.05) is 30.3 Å². The number of hydrogen-bond acceptors (Lipinski definition) is 2. The molecule has 0 aliphatic heterocycles. The van der Waals surface area contributed by atoms with Crippen molar-refractivity contribution in [3.63, 3.8) is 0 Å². The first-order valence-electron chi connectivity index (χ1n) is 5.73. The normalized spacial score (nSPS) is 21.9. The first kappa shape index (κ1) is 11.6. The highest BCUT2D eigenvalue weighted by atomic mass is 16.4. The first-order chi connectivity index (χ1) is 8.18. The molecule has 0 bridgehead atoms. The van der Waals surface area contributed by atoms with Crippen LogP contribution in [0.5, 0.6) is 0 Å². The molecule has 0 saturated heterocycles. The van der Waals surface area contributed by atoms with E-state index >= 15 is 0 Å². The number of amides is 1. The van der Waals surface area contributed by atoms with Crippen molar-refractivity contribution in [3.8, 4) is 0 Å². The van der Waals surface area contributed by atoms with Gasteiger partial charge in [-0.15, -0.1) is 0 Å². The highest BCUT2D eigenvalue weighted by molar-refractivity contribution is 5.83. The summed E-state index contributed by atoms with van der Waals surface area (Å²) in [6.07, 6.45) is 0.845. The summed E-state index contributed by atoms with van der Waals surface area (Å²) >= 11 is 0. The Bertz CT molecular complexity index is 416. The number of carbonyl (C=O) groups excluding carboxylic acids is 1. The minimum Gasteiger partial charge on any atom is -0.481 e. The Morgan fingerprint density at radius 3 is 2.65 bits per heavy atom. The second kappa shape index (κ2) is 4.99. The van der Waals surface area contributed by atoms with Gasteiger partial charge in [-0.05, 0) is 17.9 Å². The van der Waals surface area contributed by atoms with E-state index in [9.17, 15) is 9.59 Å². The molecule has 90 valence electrons.